The topological polar surface area (TPSA) is 75.3 Å². The number of aromatic nitrogens is 2. The van der Waals surface area contributed by atoms with Gasteiger partial charge in [-0.2, -0.15) is 5.10 Å². The number of rotatable bonds is 2. The number of esters is 1. The number of carbonyl (C=O) groups excluding carboxylic acids is 2. The molecule has 1 N–H and O–H groups in total. The molecule has 6 nitrogen and oxygen atoms in total. The molecule has 0 unspecified atom stereocenters. The Labute approximate surface area is 117 Å². The maximum absolute atomic E-state index is 12.5. The molecular formula is C14H19N3O3. The number of aromatic amines is 1. The van der Waals surface area contributed by atoms with Crippen LogP contribution in [0.15, 0.2) is 0 Å². The van der Waals surface area contributed by atoms with E-state index >= 15 is 0 Å². The van der Waals surface area contributed by atoms with E-state index in [1.165, 1.54) is 7.11 Å². The molecule has 1 saturated heterocycles. The van der Waals surface area contributed by atoms with Crippen molar-refractivity contribution in [2.75, 3.05) is 20.2 Å². The zero-order valence-corrected chi connectivity index (χ0v) is 11.6. The standard InChI is InChI=1S/C14H19N3O3/c1-20-14(19)9-5-7-17(8-6-9)13(18)12-10-3-2-4-11(10)15-16-12/h9H,2-8H2,1H3,(H,15,16). The molecule has 108 valence electrons. The largest absolute Gasteiger partial charge is 0.469 e. The van der Waals surface area contributed by atoms with Gasteiger partial charge in [0.2, 0.25) is 0 Å². The molecule has 1 aromatic heterocycles. The van der Waals surface area contributed by atoms with Crippen molar-refractivity contribution in [3.63, 3.8) is 0 Å². The first-order chi connectivity index (χ1) is 9.70. The lowest BCUT2D eigenvalue weighted by atomic mass is 9.96. The Morgan fingerprint density at radius 3 is 2.75 bits per heavy atom. The number of aryl methyl sites for hydroxylation is 1. The minimum absolute atomic E-state index is 0.00674. The molecule has 0 radical (unpaired) electrons. The average molecular weight is 277 g/mol. The Hall–Kier alpha value is -1.85. The quantitative estimate of drug-likeness (QED) is 0.816. The number of H-pyrrole nitrogens is 1. The molecule has 0 bridgehead atoms. The Balaban J connectivity index is 1.66. The van der Waals surface area contributed by atoms with Crippen LogP contribution in [-0.4, -0.2) is 47.2 Å². The van der Waals surface area contributed by atoms with E-state index in [0.717, 1.165) is 30.5 Å². The second kappa shape index (κ2) is 5.26. The highest BCUT2D eigenvalue weighted by Crippen LogP contribution is 2.25. The van der Waals surface area contributed by atoms with Crippen LogP contribution in [0.1, 0.15) is 41.0 Å². The fourth-order valence-corrected chi connectivity index (χ4v) is 3.13. The number of piperidine rings is 1. The van der Waals surface area contributed by atoms with Crippen LogP contribution >= 0.6 is 0 Å². The van der Waals surface area contributed by atoms with Crippen molar-refractivity contribution in [3.05, 3.63) is 17.0 Å². The SMILES string of the molecule is COC(=O)C1CCN(C(=O)c2n[nH]c3c2CCC3)CC1. The van der Waals surface area contributed by atoms with Crippen LogP contribution in [0.4, 0.5) is 0 Å². The summed E-state index contributed by atoms with van der Waals surface area (Å²) in [5, 5.41) is 7.15. The smallest absolute Gasteiger partial charge is 0.308 e. The Morgan fingerprint density at radius 1 is 1.30 bits per heavy atom. The highest BCUT2D eigenvalue weighted by molar-refractivity contribution is 5.94. The number of nitrogens with zero attached hydrogens (tertiary/aromatic N) is 2. The second-order valence-corrected chi connectivity index (χ2v) is 5.47. The number of nitrogens with one attached hydrogen (secondary N) is 1. The first-order valence-corrected chi connectivity index (χ1v) is 7.14. The van der Waals surface area contributed by atoms with E-state index in [1.54, 1.807) is 4.90 Å². The van der Waals surface area contributed by atoms with Gasteiger partial charge in [-0.1, -0.05) is 0 Å². The van der Waals surface area contributed by atoms with Gasteiger partial charge in [0.05, 0.1) is 13.0 Å². The molecule has 1 aliphatic heterocycles. The van der Waals surface area contributed by atoms with E-state index in [1.807, 2.05) is 0 Å². The lowest BCUT2D eigenvalue weighted by molar-refractivity contribution is -0.146. The Kier molecular flexibility index (Phi) is 3.46. The zero-order chi connectivity index (χ0) is 14.1. The van der Waals surface area contributed by atoms with Crippen molar-refractivity contribution in [3.8, 4) is 0 Å². The molecule has 1 amide bonds. The van der Waals surface area contributed by atoms with Gasteiger partial charge in [0.15, 0.2) is 5.69 Å². The van der Waals surface area contributed by atoms with Crippen molar-refractivity contribution in [2.24, 2.45) is 5.92 Å². The maximum atomic E-state index is 12.5. The molecule has 3 rings (SSSR count). The van der Waals surface area contributed by atoms with Crippen molar-refractivity contribution in [1.82, 2.24) is 15.1 Å². The molecule has 1 fully saturated rings. The monoisotopic (exact) mass is 277 g/mol. The molecule has 6 heteroatoms. The number of amides is 1. The second-order valence-electron chi connectivity index (χ2n) is 5.47. The lowest BCUT2D eigenvalue weighted by Gasteiger charge is -2.30. The number of carbonyl (C=O) groups is 2. The normalized spacial score (nSPS) is 18.9. The number of hydrogen-bond acceptors (Lipinski definition) is 4. The summed E-state index contributed by atoms with van der Waals surface area (Å²) in [4.78, 5) is 25.8. The summed E-state index contributed by atoms with van der Waals surface area (Å²) < 4.78 is 4.76. The minimum atomic E-state index is -0.169. The van der Waals surface area contributed by atoms with Crippen molar-refractivity contribution >= 4 is 11.9 Å². The van der Waals surface area contributed by atoms with E-state index in [0.29, 0.717) is 31.6 Å². The van der Waals surface area contributed by atoms with E-state index in [9.17, 15) is 9.59 Å². The fraction of sp³-hybridized carbons (Fsp3) is 0.643. The van der Waals surface area contributed by atoms with Crippen LogP contribution in [-0.2, 0) is 22.4 Å². The highest BCUT2D eigenvalue weighted by Gasteiger charge is 2.31. The van der Waals surface area contributed by atoms with Gasteiger partial charge in [0.25, 0.3) is 5.91 Å². The van der Waals surface area contributed by atoms with Gasteiger partial charge < -0.3 is 9.64 Å². The number of hydrogen-bond donors (Lipinski definition) is 1. The van der Waals surface area contributed by atoms with Crippen LogP contribution in [0.2, 0.25) is 0 Å². The molecule has 0 saturated carbocycles. The minimum Gasteiger partial charge on any atom is -0.469 e. The van der Waals surface area contributed by atoms with Crippen LogP contribution in [0.3, 0.4) is 0 Å². The van der Waals surface area contributed by atoms with Gasteiger partial charge in [-0.05, 0) is 32.1 Å². The molecule has 2 aliphatic rings. The van der Waals surface area contributed by atoms with E-state index in [4.69, 9.17) is 4.74 Å². The highest BCUT2D eigenvalue weighted by atomic mass is 16.5. The summed E-state index contributed by atoms with van der Waals surface area (Å²) in [6.07, 6.45) is 4.36. The van der Waals surface area contributed by atoms with Gasteiger partial charge in [-0.15, -0.1) is 0 Å². The third-order valence-electron chi connectivity index (χ3n) is 4.33. The van der Waals surface area contributed by atoms with Crippen molar-refractivity contribution in [1.29, 1.82) is 0 Å². The van der Waals surface area contributed by atoms with Crippen LogP contribution in [0.5, 0.6) is 0 Å². The number of methoxy groups -OCH3 is 1. The number of fused-ring (bicyclic) bond motifs is 1. The number of ether oxygens (including phenoxy) is 1. The van der Waals surface area contributed by atoms with Gasteiger partial charge in [-0.25, -0.2) is 0 Å². The zero-order valence-electron chi connectivity index (χ0n) is 11.6. The maximum Gasteiger partial charge on any atom is 0.308 e. The Bertz CT molecular complexity index is 530. The average Bonchev–Trinajstić information content (AvgIpc) is 3.08. The van der Waals surface area contributed by atoms with E-state index in [-0.39, 0.29) is 17.8 Å². The molecule has 2 heterocycles. The van der Waals surface area contributed by atoms with E-state index < -0.39 is 0 Å². The molecule has 1 aromatic rings. The van der Waals surface area contributed by atoms with Crippen molar-refractivity contribution in [2.45, 2.75) is 32.1 Å². The summed E-state index contributed by atoms with van der Waals surface area (Å²) >= 11 is 0. The molecule has 0 aromatic carbocycles. The van der Waals surface area contributed by atoms with Crippen LogP contribution < -0.4 is 0 Å². The summed E-state index contributed by atoms with van der Waals surface area (Å²) in [6, 6.07) is 0. The first-order valence-electron chi connectivity index (χ1n) is 7.14. The van der Waals surface area contributed by atoms with Gasteiger partial charge in [0, 0.05) is 24.3 Å². The van der Waals surface area contributed by atoms with Crippen molar-refractivity contribution < 1.29 is 14.3 Å². The molecule has 20 heavy (non-hydrogen) atoms. The fourth-order valence-electron chi connectivity index (χ4n) is 3.13. The van der Waals surface area contributed by atoms with Gasteiger partial charge >= 0.3 is 5.97 Å². The molecule has 0 atom stereocenters. The molecular weight excluding hydrogens is 258 g/mol. The van der Waals surface area contributed by atoms with Crippen LogP contribution in [0.25, 0.3) is 0 Å². The van der Waals surface area contributed by atoms with E-state index in [2.05, 4.69) is 10.2 Å². The third-order valence-corrected chi connectivity index (χ3v) is 4.33. The van der Waals surface area contributed by atoms with Gasteiger partial charge in [-0.3, -0.25) is 14.7 Å². The Morgan fingerprint density at radius 2 is 2.05 bits per heavy atom. The predicted octanol–water partition coefficient (Wildman–Crippen LogP) is 0.924. The summed E-state index contributed by atoms with van der Waals surface area (Å²) in [5.41, 5.74) is 2.77. The number of likely N-dealkylation sites (tertiary alicyclic amines) is 1. The lowest BCUT2D eigenvalue weighted by Crippen LogP contribution is -2.41. The summed E-state index contributed by atoms with van der Waals surface area (Å²) in [5.74, 6) is -0.251. The molecule has 0 spiro atoms. The van der Waals surface area contributed by atoms with Crippen LogP contribution in [0, 0.1) is 5.92 Å². The third kappa shape index (κ3) is 2.19. The van der Waals surface area contributed by atoms with Gasteiger partial charge in [0.1, 0.15) is 0 Å². The predicted molar refractivity (Wildman–Crippen MR) is 71.3 cm³/mol. The molecule has 1 aliphatic carbocycles. The summed E-state index contributed by atoms with van der Waals surface area (Å²) in [7, 11) is 1.41. The first kappa shape index (κ1) is 13.1. The summed E-state index contributed by atoms with van der Waals surface area (Å²) in [6.45, 7) is 1.19.